The fourth-order valence-corrected chi connectivity index (χ4v) is 2.37. The molecule has 3 rings (SSSR count). The van der Waals surface area contributed by atoms with E-state index in [4.69, 9.17) is 0 Å². The first kappa shape index (κ1) is 18.8. The Morgan fingerprint density at radius 1 is 0.667 bits per heavy atom. The summed E-state index contributed by atoms with van der Waals surface area (Å²) in [5.74, 6) is -8.32. The van der Waals surface area contributed by atoms with Gasteiger partial charge in [0.1, 0.15) is 5.75 Å². The molecule has 0 unspecified atom stereocenters. The SMILES string of the molecule is Fc1cc(OC(F)(F)c2ccc(-c3cccc(F)c3F)cc2)cc(F)c1F. The van der Waals surface area contributed by atoms with E-state index in [2.05, 4.69) is 4.74 Å². The third-order valence-electron chi connectivity index (χ3n) is 3.69. The van der Waals surface area contributed by atoms with Crippen LogP contribution in [-0.2, 0) is 6.11 Å². The largest absolute Gasteiger partial charge is 0.429 e. The van der Waals surface area contributed by atoms with Crippen molar-refractivity contribution in [1.82, 2.24) is 0 Å². The van der Waals surface area contributed by atoms with Crippen LogP contribution in [0.15, 0.2) is 54.6 Å². The highest BCUT2D eigenvalue weighted by atomic mass is 19.3. The second kappa shape index (κ2) is 6.94. The van der Waals surface area contributed by atoms with Gasteiger partial charge in [-0.2, -0.15) is 8.78 Å². The fraction of sp³-hybridized carbons (Fsp3) is 0.0526. The monoisotopic (exact) mass is 386 g/mol. The van der Waals surface area contributed by atoms with Gasteiger partial charge in [-0.25, -0.2) is 22.0 Å². The Kier molecular flexibility index (Phi) is 4.82. The molecular weight excluding hydrogens is 377 g/mol. The van der Waals surface area contributed by atoms with Gasteiger partial charge in [0, 0.05) is 17.7 Å². The molecule has 3 aromatic carbocycles. The highest BCUT2D eigenvalue weighted by molar-refractivity contribution is 5.64. The minimum absolute atomic E-state index is 0.130. The molecule has 1 nitrogen and oxygen atoms in total. The summed E-state index contributed by atoms with van der Waals surface area (Å²) < 4.78 is 98.8. The Morgan fingerprint density at radius 3 is 1.85 bits per heavy atom. The van der Waals surface area contributed by atoms with Crippen LogP contribution in [0.25, 0.3) is 11.1 Å². The Bertz CT molecular complexity index is 961. The van der Waals surface area contributed by atoms with Crippen LogP contribution in [0.2, 0.25) is 0 Å². The van der Waals surface area contributed by atoms with Crippen molar-refractivity contribution in [3.8, 4) is 16.9 Å². The molecule has 0 fully saturated rings. The summed E-state index contributed by atoms with van der Waals surface area (Å²) in [7, 11) is 0. The standard InChI is InChI=1S/C19H9F7O/c20-14-3-1-2-13(17(14)23)10-4-6-11(7-5-10)19(25,26)27-12-8-15(21)18(24)16(22)9-12/h1-9H. The van der Waals surface area contributed by atoms with Crippen molar-refractivity contribution < 1.29 is 35.5 Å². The van der Waals surface area contributed by atoms with Crippen molar-refractivity contribution in [1.29, 1.82) is 0 Å². The summed E-state index contributed by atoms with van der Waals surface area (Å²) in [6.07, 6.45) is -4.02. The topological polar surface area (TPSA) is 9.23 Å². The van der Waals surface area contributed by atoms with Crippen LogP contribution in [0.4, 0.5) is 30.7 Å². The Labute approximate surface area is 148 Å². The number of hydrogen-bond acceptors (Lipinski definition) is 1. The van der Waals surface area contributed by atoms with E-state index in [-0.39, 0.29) is 23.3 Å². The third-order valence-corrected chi connectivity index (χ3v) is 3.69. The molecule has 0 saturated heterocycles. The molecule has 0 aromatic heterocycles. The van der Waals surface area contributed by atoms with Crippen LogP contribution >= 0.6 is 0 Å². The van der Waals surface area contributed by atoms with E-state index in [1.165, 1.54) is 12.1 Å². The van der Waals surface area contributed by atoms with Crippen molar-refractivity contribution in [2.75, 3.05) is 0 Å². The van der Waals surface area contributed by atoms with Crippen LogP contribution < -0.4 is 4.74 Å². The highest BCUT2D eigenvalue weighted by Gasteiger charge is 2.35. The van der Waals surface area contributed by atoms with E-state index >= 15 is 0 Å². The van der Waals surface area contributed by atoms with Crippen LogP contribution in [-0.4, -0.2) is 0 Å². The quantitative estimate of drug-likeness (QED) is 0.385. The zero-order valence-electron chi connectivity index (χ0n) is 13.3. The second-order valence-electron chi connectivity index (χ2n) is 5.50. The predicted octanol–water partition coefficient (Wildman–Crippen LogP) is 6.18. The maximum Gasteiger partial charge on any atom is 0.426 e. The maximum atomic E-state index is 14.2. The second-order valence-corrected chi connectivity index (χ2v) is 5.50. The number of hydrogen-bond donors (Lipinski definition) is 0. The molecule has 0 spiro atoms. The molecule has 27 heavy (non-hydrogen) atoms. The van der Waals surface area contributed by atoms with Gasteiger partial charge >= 0.3 is 6.11 Å². The number of halogens is 7. The van der Waals surface area contributed by atoms with Gasteiger partial charge in [0.25, 0.3) is 0 Å². The van der Waals surface area contributed by atoms with Crippen LogP contribution in [0.3, 0.4) is 0 Å². The zero-order chi connectivity index (χ0) is 19.8. The Hall–Kier alpha value is -3.03. The summed E-state index contributed by atoms with van der Waals surface area (Å²) in [6, 6.07) is 7.99. The number of benzene rings is 3. The van der Waals surface area contributed by atoms with Gasteiger partial charge in [0.2, 0.25) is 0 Å². The van der Waals surface area contributed by atoms with Crippen molar-refractivity contribution in [2.24, 2.45) is 0 Å². The van der Waals surface area contributed by atoms with E-state index in [0.717, 1.165) is 30.3 Å². The van der Waals surface area contributed by atoms with Gasteiger partial charge in [-0.05, 0) is 23.8 Å². The van der Waals surface area contributed by atoms with E-state index in [1.54, 1.807) is 0 Å². The van der Waals surface area contributed by atoms with Gasteiger partial charge in [-0.1, -0.05) is 24.3 Å². The van der Waals surface area contributed by atoms with Gasteiger partial charge < -0.3 is 4.74 Å². The molecule has 0 amide bonds. The molecule has 0 atom stereocenters. The average molecular weight is 386 g/mol. The Balaban J connectivity index is 1.88. The van der Waals surface area contributed by atoms with Crippen LogP contribution in [0, 0.1) is 29.1 Å². The maximum absolute atomic E-state index is 14.2. The predicted molar refractivity (Wildman–Crippen MR) is 82.6 cm³/mol. The van der Waals surface area contributed by atoms with Gasteiger partial charge in [0.05, 0.1) is 5.56 Å². The van der Waals surface area contributed by atoms with E-state index in [9.17, 15) is 30.7 Å². The summed E-state index contributed by atoms with van der Waals surface area (Å²) in [6.45, 7) is 0. The van der Waals surface area contributed by atoms with E-state index in [0.29, 0.717) is 0 Å². The first-order valence-electron chi connectivity index (χ1n) is 7.45. The van der Waals surface area contributed by atoms with E-state index < -0.39 is 46.5 Å². The molecule has 0 aliphatic carbocycles. The van der Waals surface area contributed by atoms with Gasteiger partial charge in [-0.15, -0.1) is 0 Å². The normalized spacial score (nSPS) is 11.5. The first-order chi connectivity index (χ1) is 12.7. The molecule has 0 saturated carbocycles. The molecular formula is C19H9F7O. The zero-order valence-corrected chi connectivity index (χ0v) is 13.3. The third kappa shape index (κ3) is 3.74. The summed E-state index contributed by atoms with van der Waals surface area (Å²) in [4.78, 5) is 0. The van der Waals surface area contributed by atoms with Crippen LogP contribution in [0.1, 0.15) is 5.56 Å². The molecule has 0 radical (unpaired) electrons. The van der Waals surface area contributed by atoms with Gasteiger partial charge in [-0.3, -0.25) is 0 Å². The van der Waals surface area contributed by atoms with Crippen molar-refractivity contribution in [2.45, 2.75) is 6.11 Å². The molecule has 0 N–H and O–H groups in total. The molecule has 140 valence electrons. The number of rotatable bonds is 4. The van der Waals surface area contributed by atoms with E-state index in [1.807, 2.05) is 0 Å². The molecule has 8 heteroatoms. The van der Waals surface area contributed by atoms with Crippen molar-refractivity contribution >= 4 is 0 Å². The lowest BCUT2D eigenvalue weighted by molar-refractivity contribution is -0.185. The average Bonchev–Trinajstić information content (AvgIpc) is 2.62. The lowest BCUT2D eigenvalue weighted by Gasteiger charge is -2.19. The van der Waals surface area contributed by atoms with Crippen molar-refractivity contribution in [3.63, 3.8) is 0 Å². The van der Waals surface area contributed by atoms with Crippen LogP contribution in [0.5, 0.6) is 5.75 Å². The first-order valence-corrected chi connectivity index (χ1v) is 7.45. The summed E-state index contributed by atoms with van der Waals surface area (Å²) >= 11 is 0. The molecule has 3 aromatic rings. The lowest BCUT2D eigenvalue weighted by atomic mass is 10.0. The van der Waals surface area contributed by atoms with Gasteiger partial charge in [0.15, 0.2) is 29.1 Å². The lowest BCUT2D eigenvalue weighted by Crippen LogP contribution is -2.22. The number of ether oxygens (including phenoxy) is 1. The smallest absolute Gasteiger partial charge is 0.426 e. The minimum Gasteiger partial charge on any atom is -0.429 e. The summed E-state index contributed by atoms with van der Waals surface area (Å²) in [5.41, 5.74) is -0.716. The molecule has 0 heterocycles. The summed E-state index contributed by atoms with van der Waals surface area (Å²) in [5, 5.41) is 0. The number of alkyl halides is 2. The minimum atomic E-state index is -4.02. The molecule has 0 aliphatic rings. The fourth-order valence-electron chi connectivity index (χ4n) is 2.37. The van der Waals surface area contributed by atoms with Crippen molar-refractivity contribution in [3.05, 3.63) is 89.2 Å². The molecule has 0 bridgehead atoms. The Morgan fingerprint density at radius 2 is 1.26 bits per heavy atom. The molecule has 0 aliphatic heterocycles. The highest BCUT2D eigenvalue weighted by Crippen LogP contribution is 2.34.